The Kier molecular flexibility index (Phi) is 2.13. The summed E-state index contributed by atoms with van der Waals surface area (Å²) in [7, 11) is 0. The zero-order valence-corrected chi connectivity index (χ0v) is 8.17. The Balaban J connectivity index is 2.27. The third kappa shape index (κ3) is 1.48. The van der Waals surface area contributed by atoms with Crippen LogP contribution in [0.25, 0.3) is 0 Å². The van der Waals surface area contributed by atoms with Gasteiger partial charge in [0.25, 0.3) is 0 Å². The molecule has 1 aliphatic rings. The van der Waals surface area contributed by atoms with Crippen molar-refractivity contribution < 1.29 is 0 Å². The van der Waals surface area contributed by atoms with Gasteiger partial charge in [0.2, 0.25) is 0 Å². The first-order chi connectivity index (χ1) is 6.31. The Morgan fingerprint density at radius 3 is 2.38 bits per heavy atom. The molecule has 2 unspecified atom stereocenters. The van der Waals surface area contributed by atoms with Gasteiger partial charge in [0, 0.05) is 12.1 Å². The van der Waals surface area contributed by atoms with Crippen LogP contribution in [0.4, 0.5) is 11.4 Å². The van der Waals surface area contributed by atoms with Gasteiger partial charge in [0.15, 0.2) is 0 Å². The van der Waals surface area contributed by atoms with Crippen LogP contribution in [-0.4, -0.2) is 12.1 Å². The Hall–Kier alpha value is -1.18. The molecule has 70 valence electrons. The van der Waals surface area contributed by atoms with E-state index in [2.05, 4.69) is 48.7 Å². The highest BCUT2D eigenvalue weighted by atomic mass is 15.1. The normalized spacial score (nSPS) is 25.7. The molecule has 0 spiro atoms. The Morgan fingerprint density at radius 1 is 1.15 bits per heavy atom. The molecule has 0 fully saturated rings. The van der Waals surface area contributed by atoms with E-state index in [4.69, 9.17) is 0 Å². The van der Waals surface area contributed by atoms with Crippen molar-refractivity contribution in [2.24, 2.45) is 0 Å². The molecule has 0 saturated carbocycles. The number of para-hydroxylation sites is 2. The molecular weight excluding hydrogens is 160 g/mol. The molecule has 1 aromatic carbocycles. The Labute approximate surface area is 79.4 Å². The summed E-state index contributed by atoms with van der Waals surface area (Å²) < 4.78 is 0. The highest BCUT2D eigenvalue weighted by Gasteiger charge is 2.21. The van der Waals surface area contributed by atoms with Gasteiger partial charge in [0.05, 0.1) is 11.4 Å². The van der Waals surface area contributed by atoms with E-state index in [9.17, 15) is 0 Å². The van der Waals surface area contributed by atoms with Crippen molar-refractivity contribution >= 4 is 11.4 Å². The largest absolute Gasteiger partial charge is 0.379 e. The first-order valence-corrected chi connectivity index (χ1v) is 4.93. The smallest absolute Gasteiger partial charge is 0.0578 e. The van der Waals surface area contributed by atoms with Crippen molar-refractivity contribution in [1.82, 2.24) is 0 Å². The van der Waals surface area contributed by atoms with Gasteiger partial charge in [-0.15, -0.1) is 0 Å². The van der Waals surface area contributed by atoms with Crippen LogP contribution in [0.5, 0.6) is 0 Å². The van der Waals surface area contributed by atoms with Crippen molar-refractivity contribution in [1.29, 1.82) is 0 Å². The molecule has 2 nitrogen and oxygen atoms in total. The molecule has 0 radical (unpaired) electrons. The molecule has 0 aromatic heterocycles. The van der Waals surface area contributed by atoms with E-state index in [1.165, 1.54) is 11.4 Å². The minimum Gasteiger partial charge on any atom is -0.379 e. The van der Waals surface area contributed by atoms with E-state index in [1.807, 2.05) is 0 Å². The Morgan fingerprint density at radius 2 is 1.77 bits per heavy atom. The molecule has 0 bridgehead atoms. The fourth-order valence-electron chi connectivity index (χ4n) is 1.86. The molecular formula is C11H16N2. The second-order valence-corrected chi connectivity index (χ2v) is 3.64. The van der Waals surface area contributed by atoms with E-state index in [0.29, 0.717) is 12.1 Å². The molecule has 1 aromatic rings. The van der Waals surface area contributed by atoms with E-state index in [0.717, 1.165) is 6.42 Å². The van der Waals surface area contributed by atoms with E-state index >= 15 is 0 Å². The quantitative estimate of drug-likeness (QED) is 0.687. The first-order valence-electron chi connectivity index (χ1n) is 4.93. The number of nitrogens with one attached hydrogen (secondary N) is 2. The summed E-state index contributed by atoms with van der Waals surface area (Å²) in [5.41, 5.74) is 2.45. The van der Waals surface area contributed by atoms with Crippen molar-refractivity contribution in [3.05, 3.63) is 24.3 Å². The number of rotatable bonds is 1. The van der Waals surface area contributed by atoms with Crippen molar-refractivity contribution in [2.45, 2.75) is 32.4 Å². The molecule has 0 aliphatic carbocycles. The number of hydrogen-bond acceptors (Lipinski definition) is 2. The van der Waals surface area contributed by atoms with Gasteiger partial charge in [-0.25, -0.2) is 0 Å². The maximum absolute atomic E-state index is 3.53. The van der Waals surface area contributed by atoms with Crippen LogP contribution in [-0.2, 0) is 0 Å². The topological polar surface area (TPSA) is 24.1 Å². The second kappa shape index (κ2) is 3.29. The van der Waals surface area contributed by atoms with E-state index in [-0.39, 0.29) is 0 Å². The van der Waals surface area contributed by atoms with Crippen molar-refractivity contribution in [3.63, 3.8) is 0 Å². The summed E-state index contributed by atoms with van der Waals surface area (Å²) in [6.07, 6.45) is 1.16. The molecule has 2 N–H and O–H groups in total. The minimum absolute atomic E-state index is 0.514. The summed E-state index contributed by atoms with van der Waals surface area (Å²) in [5.74, 6) is 0. The molecule has 13 heavy (non-hydrogen) atoms. The van der Waals surface area contributed by atoms with Crippen LogP contribution in [0.15, 0.2) is 24.3 Å². The van der Waals surface area contributed by atoms with Gasteiger partial charge < -0.3 is 10.6 Å². The first kappa shape index (κ1) is 8.42. The van der Waals surface area contributed by atoms with Gasteiger partial charge in [-0.3, -0.25) is 0 Å². The standard InChI is InChI=1S/C11H16N2/c1-3-9-8(2)12-10-6-4-5-7-11(10)13-9/h4-9,12-13H,3H2,1-2H3. The van der Waals surface area contributed by atoms with E-state index < -0.39 is 0 Å². The summed E-state index contributed by atoms with van der Waals surface area (Å²) >= 11 is 0. The molecule has 2 rings (SSSR count). The van der Waals surface area contributed by atoms with Gasteiger partial charge in [-0.1, -0.05) is 19.1 Å². The van der Waals surface area contributed by atoms with Crippen LogP contribution in [0.3, 0.4) is 0 Å². The highest BCUT2D eigenvalue weighted by Crippen LogP contribution is 2.28. The summed E-state index contributed by atoms with van der Waals surface area (Å²) in [6, 6.07) is 9.43. The molecule has 0 saturated heterocycles. The lowest BCUT2D eigenvalue weighted by Crippen LogP contribution is -2.40. The van der Waals surface area contributed by atoms with Crippen LogP contribution in [0.2, 0.25) is 0 Å². The monoisotopic (exact) mass is 176 g/mol. The van der Waals surface area contributed by atoms with Crippen LogP contribution in [0, 0.1) is 0 Å². The molecule has 2 heteroatoms. The maximum Gasteiger partial charge on any atom is 0.0578 e. The fraction of sp³-hybridized carbons (Fsp3) is 0.455. The van der Waals surface area contributed by atoms with Gasteiger partial charge >= 0.3 is 0 Å². The predicted octanol–water partition coefficient (Wildman–Crippen LogP) is 2.69. The zero-order chi connectivity index (χ0) is 9.26. The number of benzene rings is 1. The lowest BCUT2D eigenvalue weighted by Gasteiger charge is -2.33. The van der Waals surface area contributed by atoms with Crippen LogP contribution in [0.1, 0.15) is 20.3 Å². The average Bonchev–Trinajstić information content (AvgIpc) is 2.17. The van der Waals surface area contributed by atoms with E-state index in [1.54, 1.807) is 0 Å². The molecule has 1 heterocycles. The fourth-order valence-corrected chi connectivity index (χ4v) is 1.86. The third-order valence-corrected chi connectivity index (χ3v) is 2.69. The van der Waals surface area contributed by atoms with Gasteiger partial charge in [-0.2, -0.15) is 0 Å². The van der Waals surface area contributed by atoms with Gasteiger partial charge in [-0.05, 0) is 25.5 Å². The van der Waals surface area contributed by atoms with Crippen LogP contribution < -0.4 is 10.6 Å². The highest BCUT2D eigenvalue weighted by molar-refractivity contribution is 5.71. The van der Waals surface area contributed by atoms with Gasteiger partial charge in [0.1, 0.15) is 0 Å². The average molecular weight is 176 g/mol. The minimum atomic E-state index is 0.514. The summed E-state index contributed by atoms with van der Waals surface area (Å²) in [5, 5.41) is 7.03. The van der Waals surface area contributed by atoms with Crippen molar-refractivity contribution in [2.75, 3.05) is 10.6 Å². The lowest BCUT2D eigenvalue weighted by atomic mass is 10.0. The molecule has 1 aliphatic heterocycles. The predicted molar refractivity (Wildman–Crippen MR) is 57.2 cm³/mol. The lowest BCUT2D eigenvalue weighted by molar-refractivity contribution is 0.598. The molecule has 0 amide bonds. The summed E-state index contributed by atoms with van der Waals surface area (Å²) in [4.78, 5) is 0. The molecule has 2 atom stereocenters. The maximum atomic E-state index is 3.53. The van der Waals surface area contributed by atoms with Crippen molar-refractivity contribution in [3.8, 4) is 0 Å². The third-order valence-electron chi connectivity index (χ3n) is 2.69. The number of hydrogen-bond donors (Lipinski definition) is 2. The summed E-state index contributed by atoms with van der Waals surface area (Å²) in [6.45, 7) is 4.43. The Bertz CT molecular complexity index is 296. The van der Waals surface area contributed by atoms with Crippen LogP contribution >= 0.6 is 0 Å². The number of anilines is 2. The second-order valence-electron chi connectivity index (χ2n) is 3.64. The zero-order valence-electron chi connectivity index (χ0n) is 8.17. The SMILES string of the molecule is CCC1Nc2ccccc2NC1C. The number of fused-ring (bicyclic) bond motifs is 1.